The van der Waals surface area contributed by atoms with Gasteiger partial charge in [-0.2, -0.15) is 0 Å². The molecule has 0 saturated carbocycles. The third-order valence-electron chi connectivity index (χ3n) is 3.66. The smallest absolute Gasteiger partial charge is 0.250 e. The Kier molecular flexibility index (Phi) is 3.39. The Morgan fingerprint density at radius 2 is 2.06 bits per heavy atom. The van der Waals surface area contributed by atoms with Crippen molar-refractivity contribution in [3.63, 3.8) is 0 Å². The minimum absolute atomic E-state index is 0. The Labute approximate surface area is 112 Å². The first-order valence-electron chi connectivity index (χ1n) is 5.62. The molecule has 0 radical (unpaired) electrons. The Balaban J connectivity index is 0.000000963. The van der Waals surface area contributed by atoms with Gasteiger partial charge in [0, 0.05) is 37.3 Å². The average Bonchev–Trinajstić information content (AvgIpc) is 2.19. The number of hydrogen-bond acceptors (Lipinski definition) is 2. The second-order valence-corrected chi connectivity index (χ2v) is 4.92. The van der Waals surface area contributed by atoms with Crippen LogP contribution in [0.5, 0.6) is 0 Å². The fraction of sp³-hybridized carbons (Fsp3) is 0.583. The molecule has 1 saturated heterocycles. The average molecular weight is 332 g/mol. The van der Waals surface area contributed by atoms with E-state index in [1.165, 1.54) is 12.1 Å². The largest absolute Gasteiger partial charge is 0.312 e. The summed E-state index contributed by atoms with van der Waals surface area (Å²) in [5.41, 5.74) is 1.41. The van der Waals surface area contributed by atoms with E-state index in [2.05, 4.69) is 18.0 Å². The summed E-state index contributed by atoms with van der Waals surface area (Å²) in [4.78, 5) is 14.1. The van der Waals surface area contributed by atoms with Gasteiger partial charge in [0.05, 0.1) is 0 Å². The fourth-order valence-corrected chi connectivity index (χ4v) is 3.14. The van der Waals surface area contributed by atoms with Gasteiger partial charge in [-0.3, -0.25) is 4.79 Å². The van der Waals surface area contributed by atoms with Gasteiger partial charge in [0.15, 0.2) is 0 Å². The zero-order chi connectivity index (χ0) is 10.4. The summed E-state index contributed by atoms with van der Waals surface area (Å²) in [6.45, 7) is 3.15. The van der Waals surface area contributed by atoms with Crippen LogP contribution in [0, 0.1) is 5.92 Å². The van der Waals surface area contributed by atoms with E-state index in [-0.39, 0.29) is 29.5 Å². The number of piperidine rings is 1. The third-order valence-corrected chi connectivity index (χ3v) is 3.66. The van der Waals surface area contributed by atoms with E-state index in [9.17, 15) is 4.79 Å². The molecule has 1 aromatic heterocycles. The highest BCUT2D eigenvalue weighted by Gasteiger charge is 2.32. The topological polar surface area (TPSA) is 25.2 Å². The molecule has 3 heterocycles. The van der Waals surface area contributed by atoms with E-state index in [4.69, 9.17) is 0 Å². The Hall–Kier alpha value is -0.360. The van der Waals surface area contributed by atoms with E-state index >= 15 is 0 Å². The highest BCUT2D eigenvalue weighted by molar-refractivity contribution is 14.0. The number of likely N-dealkylation sites (N-methyl/N-ethyl adjacent to an activating group) is 1. The molecular formula is C12H17IN2O. The summed E-state index contributed by atoms with van der Waals surface area (Å²) in [6, 6.07) is 5.68. The van der Waals surface area contributed by atoms with Crippen molar-refractivity contribution in [3.05, 3.63) is 34.2 Å². The molecule has 2 bridgehead atoms. The molecule has 4 heteroatoms. The summed E-state index contributed by atoms with van der Waals surface area (Å²) >= 11 is 0. The molecular weight excluding hydrogens is 315 g/mol. The van der Waals surface area contributed by atoms with Crippen LogP contribution in [-0.2, 0) is 6.54 Å². The van der Waals surface area contributed by atoms with Crippen LogP contribution >= 0.6 is 24.0 Å². The molecule has 1 aromatic rings. The first kappa shape index (κ1) is 12.1. The van der Waals surface area contributed by atoms with Crippen molar-refractivity contribution in [1.29, 1.82) is 0 Å². The van der Waals surface area contributed by atoms with Gasteiger partial charge < -0.3 is 9.47 Å². The Morgan fingerprint density at radius 1 is 1.25 bits per heavy atom. The molecule has 1 unspecified atom stereocenters. The fourth-order valence-electron chi connectivity index (χ4n) is 3.14. The molecule has 2 aliphatic rings. The molecule has 0 aliphatic carbocycles. The second-order valence-electron chi connectivity index (χ2n) is 4.92. The summed E-state index contributed by atoms with van der Waals surface area (Å²) in [5.74, 6) is 1.23. The lowest BCUT2D eigenvalue weighted by molar-refractivity contribution is 0.145. The number of halogens is 1. The molecule has 3 nitrogen and oxygen atoms in total. The zero-order valence-corrected chi connectivity index (χ0v) is 11.8. The van der Waals surface area contributed by atoms with E-state index in [0.29, 0.717) is 11.8 Å². The maximum atomic E-state index is 11.7. The van der Waals surface area contributed by atoms with Crippen molar-refractivity contribution in [3.8, 4) is 0 Å². The van der Waals surface area contributed by atoms with Crippen molar-refractivity contribution in [2.75, 3.05) is 20.1 Å². The lowest BCUT2D eigenvalue weighted by Gasteiger charge is -2.41. The van der Waals surface area contributed by atoms with Gasteiger partial charge in [-0.25, -0.2) is 0 Å². The summed E-state index contributed by atoms with van der Waals surface area (Å²) in [6.07, 6.45) is 1.26. The van der Waals surface area contributed by atoms with Gasteiger partial charge in [-0.15, -0.1) is 24.0 Å². The number of nitrogens with zero attached hydrogens (tertiary/aromatic N) is 2. The van der Waals surface area contributed by atoms with Crippen LogP contribution in [-0.4, -0.2) is 29.6 Å². The highest BCUT2D eigenvalue weighted by Crippen LogP contribution is 2.33. The van der Waals surface area contributed by atoms with Crippen molar-refractivity contribution >= 4 is 24.0 Å². The zero-order valence-electron chi connectivity index (χ0n) is 9.43. The van der Waals surface area contributed by atoms with Gasteiger partial charge in [0.1, 0.15) is 0 Å². The standard InChI is InChI=1S/C12H16N2O.HI/c1-13-6-9-5-10(8-13)11-3-2-4-12(15)14(11)7-9;/h2-4,9-10H,5-8H2,1H3;1H/t9?,10-;/m1./s1. The quantitative estimate of drug-likeness (QED) is 0.673. The first-order valence-corrected chi connectivity index (χ1v) is 5.62. The number of fused-ring (bicyclic) bond motifs is 4. The molecule has 0 spiro atoms. The number of pyridine rings is 1. The molecule has 88 valence electrons. The molecule has 0 N–H and O–H groups in total. The SMILES string of the molecule is CN1CC2C[C@H](C1)c1cccc(=O)n1C2.I. The van der Waals surface area contributed by atoms with Gasteiger partial charge in [-0.1, -0.05) is 6.07 Å². The maximum absolute atomic E-state index is 11.7. The van der Waals surface area contributed by atoms with Crippen LogP contribution in [0.1, 0.15) is 18.0 Å². The molecule has 0 aromatic carbocycles. The lowest BCUT2D eigenvalue weighted by atomic mass is 9.83. The number of rotatable bonds is 0. The van der Waals surface area contributed by atoms with Gasteiger partial charge >= 0.3 is 0 Å². The molecule has 16 heavy (non-hydrogen) atoms. The van der Waals surface area contributed by atoms with E-state index in [0.717, 1.165) is 19.6 Å². The number of aromatic nitrogens is 1. The minimum Gasteiger partial charge on any atom is -0.312 e. The summed E-state index contributed by atoms with van der Waals surface area (Å²) < 4.78 is 1.98. The van der Waals surface area contributed by atoms with Gasteiger partial charge in [-0.05, 0) is 25.5 Å². The number of hydrogen-bond donors (Lipinski definition) is 0. The van der Waals surface area contributed by atoms with Crippen LogP contribution in [0.25, 0.3) is 0 Å². The predicted molar refractivity (Wildman–Crippen MR) is 74.5 cm³/mol. The first-order chi connectivity index (χ1) is 7.24. The highest BCUT2D eigenvalue weighted by atomic mass is 127. The van der Waals surface area contributed by atoms with Crippen molar-refractivity contribution in [1.82, 2.24) is 9.47 Å². The van der Waals surface area contributed by atoms with Crippen LogP contribution in [0.15, 0.2) is 23.0 Å². The number of likely N-dealkylation sites (tertiary alicyclic amines) is 1. The van der Waals surface area contributed by atoms with Crippen LogP contribution < -0.4 is 5.56 Å². The second kappa shape index (κ2) is 4.49. The lowest BCUT2D eigenvalue weighted by Crippen LogP contribution is -2.45. The van der Waals surface area contributed by atoms with Crippen LogP contribution in [0.4, 0.5) is 0 Å². The third kappa shape index (κ3) is 1.93. The summed E-state index contributed by atoms with van der Waals surface area (Å²) in [5, 5.41) is 0. The molecule has 3 rings (SSSR count). The molecule has 2 atom stereocenters. The van der Waals surface area contributed by atoms with Crippen molar-refractivity contribution in [2.45, 2.75) is 18.9 Å². The Morgan fingerprint density at radius 3 is 2.88 bits per heavy atom. The van der Waals surface area contributed by atoms with Crippen molar-refractivity contribution < 1.29 is 0 Å². The summed E-state index contributed by atoms with van der Waals surface area (Å²) in [7, 11) is 2.18. The Bertz CT molecular complexity index is 443. The maximum Gasteiger partial charge on any atom is 0.250 e. The predicted octanol–water partition coefficient (Wildman–Crippen LogP) is 1.52. The normalized spacial score (nSPS) is 28.1. The van der Waals surface area contributed by atoms with Gasteiger partial charge in [0.25, 0.3) is 5.56 Å². The van der Waals surface area contributed by atoms with Crippen LogP contribution in [0.3, 0.4) is 0 Å². The van der Waals surface area contributed by atoms with E-state index in [1.807, 2.05) is 10.6 Å². The molecule has 0 amide bonds. The minimum atomic E-state index is 0. The van der Waals surface area contributed by atoms with Gasteiger partial charge in [0.2, 0.25) is 0 Å². The molecule has 2 aliphatic heterocycles. The van der Waals surface area contributed by atoms with Crippen LogP contribution in [0.2, 0.25) is 0 Å². The van der Waals surface area contributed by atoms with Crippen molar-refractivity contribution in [2.24, 2.45) is 5.92 Å². The van der Waals surface area contributed by atoms with E-state index in [1.54, 1.807) is 6.07 Å². The monoisotopic (exact) mass is 332 g/mol. The molecule has 1 fully saturated rings. The van der Waals surface area contributed by atoms with E-state index < -0.39 is 0 Å².